The summed E-state index contributed by atoms with van der Waals surface area (Å²) in [6.07, 6.45) is 0. The second kappa shape index (κ2) is 16.9. The molecule has 13 aromatic rings. The van der Waals surface area contributed by atoms with Crippen LogP contribution in [0.5, 0.6) is 0 Å². The molecule has 0 radical (unpaired) electrons. The number of anilines is 12. The van der Waals surface area contributed by atoms with Gasteiger partial charge in [0.15, 0.2) is 0 Å². The number of fused-ring (bicyclic) bond motifs is 12. The average molecular weight is 967 g/mol. The molecule has 7 heteroatoms. The van der Waals surface area contributed by atoms with E-state index in [2.05, 4.69) is 280 Å². The molecule has 15 rings (SSSR count). The smallest absolute Gasteiger partial charge is 0.252 e. The zero-order chi connectivity index (χ0) is 48.0. The van der Waals surface area contributed by atoms with Gasteiger partial charge in [-0.15, -0.1) is 22.7 Å². The number of thiophene rings is 2. The molecular weight excluding hydrogens is 924 g/mol. The van der Waals surface area contributed by atoms with E-state index in [9.17, 15) is 0 Å². The number of benzene rings is 11. The van der Waals surface area contributed by atoms with E-state index < -0.39 is 0 Å². The van der Waals surface area contributed by atoms with Crippen LogP contribution in [0, 0.1) is 0 Å². The normalized spacial score (nSPS) is 12.6. The minimum Gasteiger partial charge on any atom is -0.310 e. The Labute approximate surface area is 432 Å². The first-order valence-corrected chi connectivity index (χ1v) is 26.5. The fourth-order valence-electron chi connectivity index (χ4n) is 11.7. The van der Waals surface area contributed by atoms with Crippen LogP contribution in [0.3, 0.4) is 0 Å². The van der Waals surface area contributed by atoms with Gasteiger partial charge in [0.2, 0.25) is 0 Å². The average Bonchev–Trinajstić information content (AvgIpc) is 4.04. The highest BCUT2D eigenvalue weighted by molar-refractivity contribution is 7.27. The summed E-state index contributed by atoms with van der Waals surface area (Å²) in [6, 6.07) is 95.6. The Morgan fingerprint density at radius 3 is 1.01 bits per heavy atom. The molecule has 0 saturated heterocycles. The van der Waals surface area contributed by atoms with Gasteiger partial charge in [-0.1, -0.05) is 152 Å². The number of nitrogens with zero attached hydrogens (tertiary/aromatic N) is 4. The van der Waals surface area contributed by atoms with Gasteiger partial charge in [-0.25, -0.2) is 0 Å². The summed E-state index contributed by atoms with van der Waals surface area (Å²) < 4.78 is 5.10. The van der Waals surface area contributed by atoms with E-state index in [0.717, 1.165) is 45.5 Å². The molecule has 11 aromatic carbocycles. The van der Waals surface area contributed by atoms with E-state index in [1.165, 1.54) is 79.5 Å². The van der Waals surface area contributed by atoms with Crippen LogP contribution >= 0.6 is 22.7 Å². The Hall–Kier alpha value is -8.88. The molecule has 4 heterocycles. The Balaban J connectivity index is 0.968. The second-order valence-corrected chi connectivity index (χ2v) is 20.9. The third-order valence-electron chi connectivity index (χ3n) is 14.8. The van der Waals surface area contributed by atoms with Crippen molar-refractivity contribution in [2.24, 2.45) is 0 Å². The highest BCUT2D eigenvalue weighted by Gasteiger charge is 2.45. The molecule has 0 N–H and O–H groups in total. The maximum absolute atomic E-state index is 2.56. The standard InChI is InChI=1S/C66H43BN4S2/c1-7-20-44(21-8-1)68(45-22-9-2-10-23-45)50-34-36-52-54-38-40-56-63(65(54)72-60(52)42-50)70(48-28-15-5-16-29-48)58-32-19-33-59-62(58)67(56)57-41-39-55-53-37-35-51(69(46-24-11-3-12-25-46)47-26-13-4-14-27-47)43-61(53)73-66(55)64(57)71(59)49-30-17-6-18-31-49/h1-43H. The highest BCUT2D eigenvalue weighted by Crippen LogP contribution is 2.52. The fourth-order valence-corrected chi connectivity index (χ4v) is 14.3. The molecule has 0 atom stereocenters. The van der Waals surface area contributed by atoms with E-state index in [1.54, 1.807) is 0 Å². The van der Waals surface area contributed by atoms with E-state index >= 15 is 0 Å². The van der Waals surface area contributed by atoms with Gasteiger partial charge < -0.3 is 19.6 Å². The van der Waals surface area contributed by atoms with Crippen LogP contribution in [0.2, 0.25) is 0 Å². The minimum absolute atomic E-state index is 0.0234. The molecule has 0 aliphatic carbocycles. The van der Waals surface area contributed by atoms with Crippen LogP contribution in [0.1, 0.15) is 0 Å². The van der Waals surface area contributed by atoms with E-state index in [1.807, 2.05) is 22.7 Å². The summed E-state index contributed by atoms with van der Waals surface area (Å²) >= 11 is 3.82. The minimum atomic E-state index is -0.0234. The largest absolute Gasteiger partial charge is 0.310 e. The Morgan fingerprint density at radius 2 is 0.644 bits per heavy atom. The van der Waals surface area contributed by atoms with Gasteiger partial charge in [-0.3, -0.25) is 0 Å². The molecule has 0 bridgehead atoms. The van der Waals surface area contributed by atoms with Gasteiger partial charge in [0.1, 0.15) is 0 Å². The predicted molar refractivity (Wildman–Crippen MR) is 316 cm³/mol. The summed E-state index contributed by atoms with van der Waals surface area (Å²) in [5.74, 6) is 0. The number of rotatable bonds is 8. The van der Waals surface area contributed by atoms with Gasteiger partial charge in [-0.2, -0.15) is 0 Å². The van der Waals surface area contributed by atoms with Crippen molar-refractivity contribution in [3.63, 3.8) is 0 Å². The van der Waals surface area contributed by atoms with Gasteiger partial charge in [0.25, 0.3) is 6.71 Å². The molecule has 0 fully saturated rings. The zero-order valence-electron chi connectivity index (χ0n) is 39.5. The number of hydrogen-bond donors (Lipinski definition) is 0. The summed E-state index contributed by atoms with van der Waals surface area (Å²) in [6.45, 7) is -0.0234. The quantitative estimate of drug-likeness (QED) is 0.141. The summed E-state index contributed by atoms with van der Waals surface area (Å²) in [7, 11) is 0. The van der Waals surface area contributed by atoms with Crippen molar-refractivity contribution in [3.8, 4) is 0 Å². The monoisotopic (exact) mass is 966 g/mol. The van der Waals surface area contributed by atoms with Gasteiger partial charge in [0, 0.05) is 87.8 Å². The van der Waals surface area contributed by atoms with Crippen molar-refractivity contribution in [1.82, 2.24) is 0 Å². The molecule has 342 valence electrons. The van der Waals surface area contributed by atoms with E-state index in [4.69, 9.17) is 0 Å². The van der Waals surface area contributed by atoms with Crippen molar-refractivity contribution in [1.29, 1.82) is 0 Å². The van der Waals surface area contributed by atoms with E-state index in [-0.39, 0.29) is 6.71 Å². The molecule has 2 aliphatic rings. The van der Waals surface area contributed by atoms with Gasteiger partial charge in [0.05, 0.1) is 20.8 Å². The maximum atomic E-state index is 2.56. The second-order valence-electron chi connectivity index (χ2n) is 18.8. The van der Waals surface area contributed by atoms with Crippen molar-refractivity contribution in [2.45, 2.75) is 0 Å². The summed E-state index contributed by atoms with van der Waals surface area (Å²) in [5, 5.41) is 5.08. The molecule has 0 spiro atoms. The molecule has 0 amide bonds. The lowest BCUT2D eigenvalue weighted by Crippen LogP contribution is -2.61. The Kier molecular flexibility index (Phi) is 9.68. The molecule has 0 saturated carbocycles. The number of para-hydroxylation sites is 6. The predicted octanol–water partition coefficient (Wildman–Crippen LogP) is 17.4. The molecular formula is C66H43BN4S2. The zero-order valence-corrected chi connectivity index (χ0v) is 41.1. The van der Waals surface area contributed by atoms with Crippen LogP contribution in [-0.4, -0.2) is 6.71 Å². The van der Waals surface area contributed by atoms with Crippen LogP contribution in [-0.2, 0) is 0 Å². The van der Waals surface area contributed by atoms with Crippen molar-refractivity contribution >= 4 is 154 Å². The molecule has 73 heavy (non-hydrogen) atoms. The Morgan fingerprint density at radius 1 is 0.301 bits per heavy atom. The highest BCUT2D eigenvalue weighted by atomic mass is 32.1. The molecule has 2 aromatic heterocycles. The Bertz CT molecular complexity index is 3870. The third-order valence-corrected chi connectivity index (χ3v) is 17.1. The van der Waals surface area contributed by atoms with Crippen LogP contribution in [0.25, 0.3) is 40.3 Å². The van der Waals surface area contributed by atoms with Crippen LogP contribution in [0.15, 0.2) is 261 Å². The lowest BCUT2D eigenvalue weighted by Gasteiger charge is -2.44. The lowest BCUT2D eigenvalue weighted by atomic mass is 9.33. The first-order valence-electron chi connectivity index (χ1n) is 24.9. The summed E-state index contributed by atoms with van der Waals surface area (Å²) in [4.78, 5) is 9.84. The maximum Gasteiger partial charge on any atom is 0.252 e. The van der Waals surface area contributed by atoms with Crippen molar-refractivity contribution < 1.29 is 0 Å². The van der Waals surface area contributed by atoms with Crippen molar-refractivity contribution in [3.05, 3.63) is 261 Å². The molecule has 0 unspecified atom stereocenters. The SMILES string of the molecule is c1ccc(N(c2ccccc2)c2ccc3c(c2)sc2c4c(ccc23)B2c3ccc5c(sc6cc(N(c7ccccc7)c7ccccc7)ccc65)c3N(c3ccccc3)c3cccc(c32)N4c2ccccc2)cc1. The first kappa shape index (κ1) is 41.9. The van der Waals surface area contributed by atoms with Crippen LogP contribution in [0.4, 0.5) is 68.2 Å². The topological polar surface area (TPSA) is 13.0 Å². The summed E-state index contributed by atoms with van der Waals surface area (Å²) in [5.41, 5.74) is 18.0. The first-order chi connectivity index (χ1) is 36.2. The fraction of sp³-hybridized carbons (Fsp3) is 0. The van der Waals surface area contributed by atoms with Crippen LogP contribution < -0.4 is 36.0 Å². The van der Waals surface area contributed by atoms with Gasteiger partial charge >= 0.3 is 0 Å². The molecule has 4 nitrogen and oxygen atoms in total. The molecule has 2 aliphatic heterocycles. The lowest BCUT2D eigenvalue weighted by molar-refractivity contribution is 1.27. The van der Waals surface area contributed by atoms with Gasteiger partial charge in [-0.05, 0) is 126 Å². The number of hydrogen-bond acceptors (Lipinski definition) is 6. The van der Waals surface area contributed by atoms with Crippen molar-refractivity contribution in [2.75, 3.05) is 19.6 Å². The van der Waals surface area contributed by atoms with E-state index in [0.29, 0.717) is 0 Å². The third kappa shape index (κ3) is 6.59.